The number of hydrogen-bond acceptors (Lipinski definition) is 2. The van der Waals surface area contributed by atoms with Gasteiger partial charge in [0.05, 0.1) is 0 Å². The molecule has 1 heterocycles. The van der Waals surface area contributed by atoms with Gasteiger partial charge >= 0.3 is 0 Å². The molecule has 0 amide bonds. The van der Waals surface area contributed by atoms with Crippen molar-refractivity contribution in [1.82, 2.24) is 0 Å². The fourth-order valence-electron chi connectivity index (χ4n) is 7.85. The Kier molecular flexibility index (Phi) is 7.85. The number of benzene rings is 9. The maximum Gasteiger partial charge on any atom is 0.136 e. The molecule has 0 bridgehead atoms. The zero-order valence-corrected chi connectivity index (χ0v) is 29.6. The van der Waals surface area contributed by atoms with E-state index >= 15 is 0 Å². The summed E-state index contributed by atoms with van der Waals surface area (Å²) in [4.78, 5) is 2.38. The molecule has 0 N–H and O–H groups in total. The van der Waals surface area contributed by atoms with Gasteiger partial charge in [0.2, 0.25) is 0 Å². The molecule has 0 unspecified atom stereocenters. The van der Waals surface area contributed by atoms with Crippen LogP contribution >= 0.6 is 0 Å². The second-order valence-electron chi connectivity index (χ2n) is 13.7. The maximum atomic E-state index is 6.24. The molecule has 10 rings (SSSR count). The first kappa shape index (κ1) is 31.6. The number of rotatable bonds is 7. The molecule has 0 fully saturated rings. The van der Waals surface area contributed by atoms with Gasteiger partial charge in [0.1, 0.15) is 11.2 Å². The summed E-state index contributed by atoms with van der Waals surface area (Å²) in [6, 6.07) is 76.0. The predicted octanol–water partition coefficient (Wildman–Crippen LogP) is 14.9. The minimum absolute atomic E-state index is 0.900. The van der Waals surface area contributed by atoms with E-state index in [2.05, 4.69) is 205 Å². The summed E-state index contributed by atoms with van der Waals surface area (Å²) >= 11 is 0. The van der Waals surface area contributed by atoms with Gasteiger partial charge in [0.25, 0.3) is 0 Å². The van der Waals surface area contributed by atoms with Crippen molar-refractivity contribution >= 4 is 49.8 Å². The Morgan fingerprint density at radius 1 is 0.296 bits per heavy atom. The molecule has 10 aromatic rings. The van der Waals surface area contributed by atoms with E-state index in [1.54, 1.807) is 0 Å². The fraction of sp³-hybridized carbons (Fsp3) is 0. The Morgan fingerprint density at radius 3 is 1.46 bits per heavy atom. The van der Waals surface area contributed by atoms with Crippen LogP contribution in [0.2, 0.25) is 0 Å². The van der Waals surface area contributed by atoms with Gasteiger partial charge in [-0.25, -0.2) is 0 Å². The average molecular weight is 690 g/mol. The van der Waals surface area contributed by atoms with Gasteiger partial charge < -0.3 is 9.32 Å². The zero-order valence-electron chi connectivity index (χ0n) is 29.6. The van der Waals surface area contributed by atoms with Crippen molar-refractivity contribution in [1.29, 1.82) is 0 Å². The van der Waals surface area contributed by atoms with Crippen molar-refractivity contribution in [2.24, 2.45) is 0 Å². The highest BCUT2D eigenvalue weighted by Gasteiger charge is 2.18. The molecule has 2 heteroatoms. The van der Waals surface area contributed by atoms with Crippen LogP contribution in [0, 0.1) is 0 Å². The second kappa shape index (κ2) is 13.4. The minimum atomic E-state index is 0.900. The van der Waals surface area contributed by atoms with Gasteiger partial charge in [-0.2, -0.15) is 0 Å². The summed E-state index contributed by atoms with van der Waals surface area (Å²) in [6.45, 7) is 0. The molecule has 0 saturated carbocycles. The minimum Gasteiger partial charge on any atom is -0.456 e. The fourth-order valence-corrected chi connectivity index (χ4v) is 7.85. The van der Waals surface area contributed by atoms with Crippen molar-refractivity contribution in [2.45, 2.75) is 0 Å². The molecule has 0 saturated heterocycles. The van der Waals surface area contributed by atoms with Crippen molar-refractivity contribution in [3.8, 4) is 44.5 Å². The number of nitrogens with zero attached hydrogens (tertiary/aromatic N) is 1. The molecular formula is C52H35NO. The zero-order chi connectivity index (χ0) is 35.8. The molecule has 54 heavy (non-hydrogen) atoms. The lowest BCUT2D eigenvalue weighted by Crippen LogP contribution is -2.10. The first-order chi connectivity index (χ1) is 26.8. The lowest BCUT2D eigenvalue weighted by Gasteiger charge is -2.27. The Morgan fingerprint density at radius 2 is 0.796 bits per heavy atom. The number of anilines is 3. The number of furan rings is 1. The summed E-state index contributed by atoms with van der Waals surface area (Å²) in [5, 5.41) is 4.77. The largest absolute Gasteiger partial charge is 0.456 e. The Bertz CT molecular complexity index is 2840. The van der Waals surface area contributed by atoms with Crippen LogP contribution < -0.4 is 4.90 Å². The third kappa shape index (κ3) is 5.71. The Hall–Kier alpha value is -7.16. The normalized spacial score (nSPS) is 11.3. The first-order valence-electron chi connectivity index (χ1n) is 18.4. The highest BCUT2D eigenvalue weighted by Crippen LogP contribution is 2.42. The standard InChI is InChI=1S/C52H35NO/c1-3-13-36(14-4-1)41-33-42(37-15-5-2-6-16-37)35-45(34-41)53(43-29-25-39(26-30-43)47-21-11-18-38-17-7-8-19-46(38)47)44-31-27-40(28-32-44)48-22-12-24-51-52(48)49-20-9-10-23-50(49)54-51/h1-35H. The first-order valence-corrected chi connectivity index (χ1v) is 18.4. The molecule has 0 spiro atoms. The van der Waals surface area contributed by atoms with Crippen LogP contribution in [0.15, 0.2) is 217 Å². The monoisotopic (exact) mass is 689 g/mol. The second-order valence-corrected chi connectivity index (χ2v) is 13.7. The van der Waals surface area contributed by atoms with Crippen molar-refractivity contribution in [2.75, 3.05) is 4.90 Å². The van der Waals surface area contributed by atoms with Crippen LogP contribution in [0.1, 0.15) is 0 Å². The SMILES string of the molecule is c1ccc(-c2cc(-c3ccccc3)cc(N(c3ccc(-c4cccc5ccccc45)cc3)c3ccc(-c4cccc5oc6ccccc6c45)cc3)c2)cc1. The van der Waals surface area contributed by atoms with Crippen LogP contribution in [0.3, 0.4) is 0 Å². The third-order valence-corrected chi connectivity index (χ3v) is 10.5. The maximum absolute atomic E-state index is 6.24. The molecule has 0 aliphatic rings. The van der Waals surface area contributed by atoms with E-state index in [0.29, 0.717) is 0 Å². The van der Waals surface area contributed by atoms with Crippen LogP contribution in [-0.2, 0) is 0 Å². The van der Waals surface area contributed by atoms with Crippen LogP contribution in [-0.4, -0.2) is 0 Å². The van der Waals surface area contributed by atoms with E-state index in [1.165, 1.54) is 44.2 Å². The molecule has 0 radical (unpaired) electrons. The Balaban J connectivity index is 1.14. The van der Waals surface area contributed by atoms with Gasteiger partial charge in [-0.1, -0.05) is 158 Å². The lowest BCUT2D eigenvalue weighted by atomic mass is 9.96. The quantitative estimate of drug-likeness (QED) is 0.166. The third-order valence-electron chi connectivity index (χ3n) is 10.5. The highest BCUT2D eigenvalue weighted by molar-refractivity contribution is 6.12. The van der Waals surface area contributed by atoms with Crippen molar-refractivity contribution in [3.63, 3.8) is 0 Å². The molecule has 254 valence electrons. The summed E-state index contributed by atoms with van der Waals surface area (Å²) < 4.78 is 6.24. The number of fused-ring (bicyclic) bond motifs is 4. The van der Waals surface area contributed by atoms with Gasteiger partial charge in [-0.15, -0.1) is 0 Å². The average Bonchev–Trinajstić information content (AvgIpc) is 3.64. The summed E-state index contributed by atoms with van der Waals surface area (Å²) in [7, 11) is 0. The van der Waals surface area contributed by atoms with Gasteiger partial charge in [-0.05, 0) is 110 Å². The summed E-state index contributed by atoms with van der Waals surface area (Å²) in [6.07, 6.45) is 0. The number of para-hydroxylation sites is 1. The molecule has 1 aromatic heterocycles. The van der Waals surface area contributed by atoms with Crippen molar-refractivity contribution < 1.29 is 4.42 Å². The molecule has 9 aromatic carbocycles. The molecule has 2 nitrogen and oxygen atoms in total. The smallest absolute Gasteiger partial charge is 0.136 e. The van der Waals surface area contributed by atoms with E-state index in [1.807, 2.05) is 12.1 Å². The topological polar surface area (TPSA) is 16.4 Å². The Labute approximate surface area is 314 Å². The van der Waals surface area contributed by atoms with E-state index in [-0.39, 0.29) is 0 Å². The van der Waals surface area contributed by atoms with E-state index in [4.69, 9.17) is 4.42 Å². The highest BCUT2D eigenvalue weighted by atomic mass is 16.3. The van der Waals surface area contributed by atoms with Gasteiger partial charge in [0.15, 0.2) is 0 Å². The van der Waals surface area contributed by atoms with Crippen molar-refractivity contribution in [3.05, 3.63) is 212 Å². The van der Waals surface area contributed by atoms with E-state index in [9.17, 15) is 0 Å². The molecular weight excluding hydrogens is 655 g/mol. The molecule has 0 aliphatic heterocycles. The van der Waals surface area contributed by atoms with E-state index < -0.39 is 0 Å². The summed E-state index contributed by atoms with van der Waals surface area (Å²) in [5.74, 6) is 0. The van der Waals surface area contributed by atoms with Crippen LogP contribution in [0.25, 0.3) is 77.2 Å². The van der Waals surface area contributed by atoms with Crippen LogP contribution in [0.5, 0.6) is 0 Å². The summed E-state index contributed by atoms with van der Waals surface area (Å²) in [5.41, 5.74) is 14.5. The number of hydrogen-bond donors (Lipinski definition) is 0. The lowest BCUT2D eigenvalue weighted by molar-refractivity contribution is 0.669. The molecule has 0 aliphatic carbocycles. The van der Waals surface area contributed by atoms with Crippen LogP contribution in [0.4, 0.5) is 17.1 Å². The van der Waals surface area contributed by atoms with Gasteiger partial charge in [0, 0.05) is 27.8 Å². The van der Waals surface area contributed by atoms with Gasteiger partial charge in [-0.3, -0.25) is 0 Å². The predicted molar refractivity (Wildman–Crippen MR) is 228 cm³/mol. The van der Waals surface area contributed by atoms with E-state index in [0.717, 1.165) is 50.1 Å². The molecule has 0 atom stereocenters.